The van der Waals surface area contributed by atoms with Crippen LogP contribution in [0.3, 0.4) is 0 Å². The van der Waals surface area contributed by atoms with Crippen molar-refractivity contribution in [1.29, 1.82) is 0 Å². The Morgan fingerprint density at radius 1 is 0.889 bits per heavy atom. The smallest absolute Gasteiger partial charge is 0.309 e. The van der Waals surface area contributed by atoms with Crippen molar-refractivity contribution in [2.24, 2.45) is 11.8 Å². The first kappa shape index (κ1) is 34.0. The van der Waals surface area contributed by atoms with Crippen molar-refractivity contribution >= 4 is 29.5 Å². The topological polar surface area (TPSA) is 105 Å². The predicted molar refractivity (Wildman–Crippen MR) is 179 cm³/mol. The zero-order valence-electron chi connectivity index (χ0n) is 25.7. The summed E-state index contributed by atoms with van der Waals surface area (Å²) < 4.78 is 5.85. The summed E-state index contributed by atoms with van der Waals surface area (Å²) in [5.74, 6) is -0.384. The number of aliphatic hydroxyl groups excluding tert-OH is 1. The van der Waals surface area contributed by atoms with E-state index in [2.05, 4.69) is 22.8 Å². The molecule has 3 aromatic rings. The standard InChI is InChI=1S/C37H44N2O5S/c40-24-33(22-29-15-7-2-8-16-29)38-35(41)23-31-19-11-4-12-20-32(21-28-13-5-1-6-14-28)37(43)44-25-34(39-36(31)42)27-45-26-30-17-9-3-10-18-30/h1-11,13-18,31-34,40H,12,19-27H2,(H,38,41)(H,39,42)/t31-,32-,33-,34-/m1/s1. The summed E-state index contributed by atoms with van der Waals surface area (Å²) in [5, 5.41) is 15.9. The largest absolute Gasteiger partial charge is 0.463 e. The highest BCUT2D eigenvalue weighted by Crippen LogP contribution is 2.20. The van der Waals surface area contributed by atoms with Gasteiger partial charge in [-0.25, -0.2) is 0 Å². The van der Waals surface area contributed by atoms with E-state index in [0.29, 0.717) is 37.9 Å². The van der Waals surface area contributed by atoms with E-state index in [9.17, 15) is 19.5 Å². The number of amides is 2. The summed E-state index contributed by atoms with van der Waals surface area (Å²) in [7, 11) is 0. The summed E-state index contributed by atoms with van der Waals surface area (Å²) in [6.45, 7) is -0.138. The van der Waals surface area contributed by atoms with Gasteiger partial charge in [0.2, 0.25) is 11.8 Å². The van der Waals surface area contributed by atoms with Crippen LogP contribution in [0.1, 0.15) is 42.4 Å². The number of carbonyl (C=O) groups is 3. The molecular formula is C37H44N2O5S. The maximum absolute atomic E-state index is 13.6. The highest BCUT2D eigenvalue weighted by molar-refractivity contribution is 7.98. The molecule has 0 saturated carbocycles. The number of hydrogen-bond donors (Lipinski definition) is 3. The Morgan fingerprint density at radius 2 is 1.53 bits per heavy atom. The van der Waals surface area contributed by atoms with Gasteiger partial charge in [0.15, 0.2) is 0 Å². The summed E-state index contributed by atoms with van der Waals surface area (Å²) in [6.07, 6.45) is 6.68. The molecule has 0 saturated heterocycles. The van der Waals surface area contributed by atoms with Crippen LogP contribution in [0.4, 0.5) is 0 Å². The van der Waals surface area contributed by atoms with Crippen LogP contribution in [0.15, 0.2) is 103 Å². The van der Waals surface area contributed by atoms with Gasteiger partial charge < -0.3 is 20.5 Å². The molecule has 0 bridgehead atoms. The molecule has 0 fully saturated rings. The minimum Gasteiger partial charge on any atom is -0.463 e. The Bertz CT molecular complexity index is 1350. The molecule has 0 unspecified atom stereocenters. The molecule has 4 rings (SSSR count). The van der Waals surface area contributed by atoms with E-state index < -0.39 is 18.0 Å². The molecule has 1 aliphatic rings. The minimum absolute atomic E-state index is 0.0121. The molecule has 8 heteroatoms. The van der Waals surface area contributed by atoms with Crippen molar-refractivity contribution in [2.75, 3.05) is 19.0 Å². The van der Waals surface area contributed by atoms with Gasteiger partial charge in [-0.2, -0.15) is 11.8 Å². The SMILES string of the molecule is O=C(C[C@H]1CC=CCC[C@H](Cc2ccccc2)C(=O)OC[C@H](CSCc2ccccc2)NC1=O)N[C@@H](CO)Cc1ccccc1. The number of ether oxygens (including phenoxy) is 1. The van der Waals surface area contributed by atoms with Gasteiger partial charge in [0, 0.05) is 17.9 Å². The van der Waals surface area contributed by atoms with Crippen molar-refractivity contribution < 1.29 is 24.2 Å². The van der Waals surface area contributed by atoms with Gasteiger partial charge in [-0.05, 0) is 48.8 Å². The summed E-state index contributed by atoms with van der Waals surface area (Å²) in [5.41, 5.74) is 3.26. The average molecular weight is 629 g/mol. The molecule has 3 aromatic carbocycles. The van der Waals surface area contributed by atoms with Crippen LogP contribution in [0.2, 0.25) is 0 Å². The second-order valence-corrected chi connectivity index (χ2v) is 12.6. The number of rotatable bonds is 12. The summed E-state index contributed by atoms with van der Waals surface area (Å²) >= 11 is 1.66. The Kier molecular flexibility index (Phi) is 14.2. The van der Waals surface area contributed by atoms with Gasteiger partial charge in [0.1, 0.15) is 6.61 Å². The number of cyclic esters (lactones) is 1. The zero-order chi connectivity index (χ0) is 31.7. The van der Waals surface area contributed by atoms with Crippen molar-refractivity contribution in [3.05, 3.63) is 120 Å². The minimum atomic E-state index is -0.601. The van der Waals surface area contributed by atoms with Crippen LogP contribution in [0.5, 0.6) is 0 Å². The number of allylic oxidation sites excluding steroid dienone is 2. The average Bonchev–Trinajstić information content (AvgIpc) is 3.07. The second kappa shape index (κ2) is 18.8. The molecule has 0 spiro atoms. The monoisotopic (exact) mass is 628 g/mol. The van der Waals surface area contributed by atoms with Gasteiger partial charge in [-0.1, -0.05) is 103 Å². The third-order valence-electron chi connectivity index (χ3n) is 7.84. The van der Waals surface area contributed by atoms with Crippen molar-refractivity contribution in [1.82, 2.24) is 10.6 Å². The van der Waals surface area contributed by atoms with Gasteiger partial charge in [0.05, 0.1) is 30.5 Å². The normalized spacial score (nSPS) is 20.1. The van der Waals surface area contributed by atoms with E-state index >= 15 is 0 Å². The lowest BCUT2D eigenvalue weighted by Gasteiger charge is -2.24. The third-order valence-corrected chi connectivity index (χ3v) is 9.02. The summed E-state index contributed by atoms with van der Waals surface area (Å²) in [6, 6.07) is 28.8. The van der Waals surface area contributed by atoms with E-state index in [1.54, 1.807) is 11.8 Å². The molecule has 0 radical (unpaired) electrons. The lowest BCUT2D eigenvalue weighted by Crippen LogP contribution is -2.46. The summed E-state index contributed by atoms with van der Waals surface area (Å²) in [4.78, 5) is 40.0. The molecule has 45 heavy (non-hydrogen) atoms. The number of benzene rings is 3. The van der Waals surface area contributed by atoms with Crippen LogP contribution < -0.4 is 10.6 Å². The fourth-order valence-corrected chi connectivity index (χ4v) is 6.39. The van der Waals surface area contributed by atoms with Crippen LogP contribution in [-0.4, -0.2) is 53.9 Å². The number of carbonyl (C=O) groups excluding carboxylic acids is 3. The fourth-order valence-electron chi connectivity index (χ4n) is 5.38. The van der Waals surface area contributed by atoms with Crippen molar-refractivity contribution in [3.63, 3.8) is 0 Å². The van der Waals surface area contributed by atoms with E-state index in [1.807, 2.05) is 91.0 Å². The van der Waals surface area contributed by atoms with Crippen molar-refractivity contribution in [2.45, 2.75) is 56.4 Å². The molecule has 0 aliphatic carbocycles. The predicted octanol–water partition coefficient (Wildman–Crippen LogP) is 5.27. The Balaban J connectivity index is 1.44. The molecule has 238 valence electrons. The number of nitrogens with one attached hydrogen (secondary N) is 2. The molecule has 4 atom stereocenters. The fraction of sp³-hybridized carbons (Fsp3) is 0.378. The molecule has 7 nitrogen and oxygen atoms in total. The van der Waals surface area contributed by atoms with E-state index in [-0.39, 0.29) is 43.3 Å². The zero-order valence-corrected chi connectivity index (χ0v) is 26.5. The van der Waals surface area contributed by atoms with Gasteiger partial charge in [-0.15, -0.1) is 0 Å². The Morgan fingerprint density at radius 3 is 2.20 bits per heavy atom. The molecule has 0 aromatic heterocycles. The molecule has 2 amide bonds. The second-order valence-electron chi connectivity index (χ2n) is 11.5. The van der Waals surface area contributed by atoms with Crippen LogP contribution in [-0.2, 0) is 37.7 Å². The van der Waals surface area contributed by atoms with Gasteiger partial charge in [-0.3, -0.25) is 14.4 Å². The lowest BCUT2D eigenvalue weighted by atomic mass is 9.94. The van der Waals surface area contributed by atoms with Crippen LogP contribution >= 0.6 is 11.8 Å². The maximum Gasteiger partial charge on any atom is 0.309 e. The molecule has 1 heterocycles. The van der Waals surface area contributed by atoms with Gasteiger partial charge >= 0.3 is 5.97 Å². The lowest BCUT2D eigenvalue weighted by molar-refractivity contribution is -0.150. The van der Waals surface area contributed by atoms with Gasteiger partial charge in [0.25, 0.3) is 0 Å². The molecule has 3 N–H and O–H groups in total. The number of thioether (sulfide) groups is 1. The first-order valence-electron chi connectivity index (χ1n) is 15.7. The van der Waals surface area contributed by atoms with E-state index in [0.717, 1.165) is 16.9 Å². The van der Waals surface area contributed by atoms with Crippen molar-refractivity contribution in [3.8, 4) is 0 Å². The maximum atomic E-state index is 13.6. The van der Waals surface area contributed by atoms with E-state index in [4.69, 9.17) is 4.74 Å². The number of hydrogen-bond acceptors (Lipinski definition) is 6. The third kappa shape index (κ3) is 12.2. The first-order valence-corrected chi connectivity index (χ1v) is 16.9. The quantitative estimate of drug-likeness (QED) is 0.187. The number of esters is 1. The Hall–Kier alpha value is -3.88. The highest BCUT2D eigenvalue weighted by atomic mass is 32.2. The molecule has 1 aliphatic heterocycles. The van der Waals surface area contributed by atoms with E-state index in [1.165, 1.54) is 5.56 Å². The van der Waals surface area contributed by atoms with Crippen LogP contribution in [0, 0.1) is 11.8 Å². The molecular weight excluding hydrogens is 584 g/mol. The van der Waals surface area contributed by atoms with Crippen LogP contribution in [0.25, 0.3) is 0 Å². The number of aliphatic hydroxyl groups is 1. The first-order chi connectivity index (χ1) is 22.0. The Labute approximate surface area is 270 Å². The highest BCUT2D eigenvalue weighted by Gasteiger charge is 2.27.